The zero-order valence-corrected chi connectivity index (χ0v) is 8.49. The predicted octanol–water partition coefficient (Wildman–Crippen LogP) is 0.253. The lowest BCUT2D eigenvalue weighted by Crippen LogP contribution is -3.10. The lowest BCUT2D eigenvalue weighted by Gasteiger charge is -2.22. The highest BCUT2D eigenvalue weighted by atomic mass is 16.3. The zero-order chi connectivity index (χ0) is 9.84. The Balaban J connectivity index is 2.73. The third kappa shape index (κ3) is 2.54. The number of hydrogen-bond donors (Lipinski definition) is 2. The maximum atomic E-state index is 9.94. The van der Waals surface area contributed by atoms with E-state index >= 15 is 0 Å². The van der Waals surface area contributed by atoms with Crippen LogP contribution < -0.4 is 4.90 Å². The predicted molar refractivity (Wildman–Crippen MR) is 53.7 cm³/mol. The van der Waals surface area contributed by atoms with Gasteiger partial charge >= 0.3 is 0 Å². The number of aliphatic hydroxyl groups excluding tert-OH is 1. The number of aliphatic hydroxyl groups is 1. The van der Waals surface area contributed by atoms with Gasteiger partial charge in [0, 0.05) is 0 Å². The number of rotatable bonds is 3. The molecule has 0 bridgehead atoms. The second-order valence-corrected chi connectivity index (χ2v) is 3.72. The number of quaternary nitrogens is 1. The van der Waals surface area contributed by atoms with Gasteiger partial charge < -0.3 is 10.0 Å². The monoisotopic (exact) mass is 180 g/mol. The van der Waals surface area contributed by atoms with Gasteiger partial charge in [0.15, 0.2) is 0 Å². The molecule has 0 aromatic heterocycles. The van der Waals surface area contributed by atoms with Gasteiger partial charge in [0.2, 0.25) is 0 Å². The molecule has 2 N–H and O–H groups in total. The van der Waals surface area contributed by atoms with E-state index in [9.17, 15) is 5.11 Å². The minimum atomic E-state index is -0.369. The molecular weight excluding hydrogens is 162 g/mol. The fourth-order valence-corrected chi connectivity index (χ4v) is 1.25. The van der Waals surface area contributed by atoms with Crippen LogP contribution in [0, 0.1) is 0 Å². The first-order valence-corrected chi connectivity index (χ1v) is 4.66. The Morgan fingerprint density at radius 2 is 1.69 bits per heavy atom. The molecule has 0 radical (unpaired) electrons. The van der Waals surface area contributed by atoms with Crippen molar-refractivity contribution in [3.05, 3.63) is 35.9 Å². The van der Waals surface area contributed by atoms with Gasteiger partial charge in [-0.3, -0.25) is 0 Å². The standard InChI is InChI=1S/C11H17NO/c1-9(12(2)3)11(13)10-7-5-4-6-8-10/h4-9,11,13H,1-3H3/p+1/t9-,11+/m1/s1. The first-order chi connectivity index (χ1) is 6.13. The van der Waals surface area contributed by atoms with E-state index in [2.05, 4.69) is 14.1 Å². The normalized spacial score (nSPS) is 15.8. The molecule has 0 heterocycles. The Labute approximate surface area is 79.8 Å². The molecule has 1 aromatic carbocycles. The average Bonchev–Trinajstić information content (AvgIpc) is 2.17. The largest absolute Gasteiger partial charge is 0.382 e. The third-order valence-electron chi connectivity index (χ3n) is 2.53. The fourth-order valence-electron chi connectivity index (χ4n) is 1.25. The van der Waals surface area contributed by atoms with Gasteiger partial charge in [0.1, 0.15) is 12.1 Å². The average molecular weight is 180 g/mol. The molecule has 2 atom stereocenters. The molecule has 0 unspecified atom stereocenters. The smallest absolute Gasteiger partial charge is 0.130 e. The van der Waals surface area contributed by atoms with Crippen LogP contribution in [-0.4, -0.2) is 25.2 Å². The van der Waals surface area contributed by atoms with Gasteiger partial charge in [0.25, 0.3) is 0 Å². The van der Waals surface area contributed by atoms with Crippen LogP contribution in [0.15, 0.2) is 30.3 Å². The maximum absolute atomic E-state index is 9.94. The van der Waals surface area contributed by atoms with Crippen molar-refractivity contribution in [1.82, 2.24) is 0 Å². The molecule has 0 saturated heterocycles. The van der Waals surface area contributed by atoms with E-state index in [0.717, 1.165) is 5.56 Å². The topological polar surface area (TPSA) is 24.7 Å². The van der Waals surface area contributed by atoms with E-state index in [-0.39, 0.29) is 12.1 Å². The van der Waals surface area contributed by atoms with Crippen molar-refractivity contribution in [3.8, 4) is 0 Å². The van der Waals surface area contributed by atoms with Gasteiger partial charge in [-0.25, -0.2) is 0 Å². The minimum absolute atomic E-state index is 0.224. The minimum Gasteiger partial charge on any atom is -0.382 e. The Kier molecular flexibility index (Phi) is 3.46. The van der Waals surface area contributed by atoms with Gasteiger partial charge in [0.05, 0.1) is 14.1 Å². The van der Waals surface area contributed by atoms with Crippen molar-refractivity contribution in [1.29, 1.82) is 0 Å². The Bertz CT molecular complexity index is 246. The molecule has 0 amide bonds. The first kappa shape index (κ1) is 10.2. The summed E-state index contributed by atoms with van der Waals surface area (Å²) in [6.45, 7) is 2.05. The summed E-state index contributed by atoms with van der Waals surface area (Å²) in [5.41, 5.74) is 0.996. The highest BCUT2D eigenvalue weighted by Gasteiger charge is 2.20. The molecule has 0 aliphatic carbocycles. The summed E-state index contributed by atoms with van der Waals surface area (Å²) >= 11 is 0. The van der Waals surface area contributed by atoms with E-state index < -0.39 is 0 Å². The number of nitrogens with one attached hydrogen (secondary N) is 1. The van der Waals surface area contributed by atoms with Crippen LogP contribution in [0.3, 0.4) is 0 Å². The van der Waals surface area contributed by atoms with Gasteiger partial charge in [-0.1, -0.05) is 30.3 Å². The summed E-state index contributed by atoms with van der Waals surface area (Å²) in [4.78, 5) is 1.26. The summed E-state index contributed by atoms with van der Waals surface area (Å²) in [5.74, 6) is 0. The van der Waals surface area contributed by atoms with Crippen LogP contribution in [0.2, 0.25) is 0 Å². The van der Waals surface area contributed by atoms with Crippen molar-refractivity contribution in [3.63, 3.8) is 0 Å². The van der Waals surface area contributed by atoms with Crippen LogP contribution in [-0.2, 0) is 0 Å². The lowest BCUT2D eigenvalue weighted by molar-refractivity contribution is -0.888. The van der Waals surface area contributed by atoms with Crippen molar-refractivity contribution in [2.45, 2.75) is 19.1 Å². The molecule has 1 aromatic rings. The molecule has 2 heteroatoms. The van der Waals surface area contributed by atoms with Crippen molar-refractivity contribution in [2.24, 2.45) is 0 Å². The highest BCUT2D eigenvalue weighted by molar-refractivity contribution is 5.17. The SMILES string of the molecule is C[C@H]([C@H](O)c1ccccc1)[NH+](C)C. The second-order valence-electron chi connectivity index (χ2n) is 3.72. The van der Waals surface area contributed by atoms with Crippen molar-refractivity contribution >= 4 is 0 Å². The molecule has 0 aliphatic heterocycles. The number of benzene rings is 1. The van der Waals surface area contributed by atoms with E-state index in [0.29, 0.717) is 0 Å². The summed E-state index contributed by atoms with van der Waals surface area (Å²) in [6, 6.07) is 10.0. The van der Waals surface area contributed by atoms with E-state index in [1.54, 1.807) is 0 Å². The fraction of sp³-hybridized carbons (Fsp3) is 0.455. The highest BCUT2D eigenvalue weighted by Crippen LogP contribution is 2.13. The molecule has 0 aliphatic rings. The molecule has 2 nitrogen and oxygen atoms in total. The van der Waals surface area contributed by atoms with Gasteiger partial charge in [-0.05, 0) is 12.5 Å². The maximum Gasteiger partial charge on any atom is 0.130 e. The molecule has 1 rings (SSSR count). The summed E-state index contributed by atoms with van der Waals surface area (Å²) in [5, 5.41) is 9.94. The van der Waals surface area contributed by atoms with E-state index in [1.165, 1.54) is 4.90 Å². The van der Waals surface area contributed by atoms with Crippen molar-refractivity contribution in [2.75, 3.05) is 14.1 Å². The summed E-state index contributed by atoms with van der Waals surface area (Å²) < 4.78 is 0. The first-order valence-electron chi connectivity index (χ1n) is 4.66. The van der Waals surface area contributed by atoms with Crippen LogP contribution in [0.1, 0.15) is 18.6 Å². The van der Waals surface area contributed by atoms with Crippen LogP contribution >= 0.6 is 0 Å². The summed E-state index contributed by atoms with van der Waals surface area (Å²) in [6.07, 6.45) is -0.369. The Morgan fingerprint density at radius 1 is 1.15 bits per heavy atom. The van der Waals surface area contributed by atoms with Crippen molar-refractivity contribution < 1.29 is 10.0 Å². The van der Waals surface area contributed by atoms with E-state index in [4.69, 9.17) is 0 Å². The van der Waals surface area contributed by atoms with Gasteiger partial charge in [-0.2, -0.15) is 0 Å². The Morgan fingerprint density at radius 3 is 2.15 bits per heavy atom. The molecule has 72 valence electrons. The lowest BCUT2D eigenvalue weighted by atomic mass is 10.0. The molecule has 13 heavy (non-hydrogen) atoms. The number of hydrogen-bond acceptors (Lipinski definition) is 1. The zero-order valence-electron chi connectivity index (χ0n) is 8.49. The Hall–Kier alpha value is -0.860. The summed E-state index contributed by atoms with van der Waals surface area (Å²) in [7, 11) is 4.10. The van der Waals surface area contributed by atoms with E-state index in [1.807, 2.05) is 37.3 Å². The molecular formula is C11H18NO+. The third-order valence-corrected chi connectivity index (χ3v) is 2.53. The molecule has 0 fully saturated rings. The second kappa shape index (κ2) is 4.40. The number of likely N-dealkylation sites (N-methyl/N-ethyl adjacent to an activating group) is 1. The quantitative estimate of drug-likeness (QED) is 0.685. The molecule has 0 saturated carbocycles. The molecule has 0 spiro atoms. The van der Waals surface area contributed by atoms with Gasteiger partial charge in [-0.15, -0.1) is 0 Å². The van der Waals surface area contributed by atoms with Crippen LogP contribution in [0.5, 0.6) is 0 Å². The van der Waals surface area contributed by atoms with Crippen LogP contribution in [0.25, 0.3) is 0 Å². The van der Waals surface area contributed by atoms with Crippen LogP contribution in [0.4, 0.5) is 0 Å².